The summed E-state index contributed by atoms with van der Waals surface area (Å²) >= 11 is 3.31. The van der Waals surface area contributed by atoms with Gasteiger partial charge in [0.2, 0.25) is 0 Å². The molecule has 2 fully saturated rings. The number of carbonyl (C=O) groups is 2. The molecule has 1 aromatic rings. The molecule has 4 rings (SSSR count). The highest BCUT2D eigenvalue weighted by atomic mass is 79.9. The number of nitrogens with zero attached hydrogens (tertiary/aromatic N) is 2. The summed E-state index contributed by atoms with van der Waals surface area (Å²) < 4.78 is 0.782. The second kappa shape index (κ2) is 4.78. The van der Waals surface area contributed by atoms with Crippen LogP contribution in [-0.4, -0.2) is 28.1 Å². The minimum Gasteiger partial charge on any atom is -0.507 e. The van der Waals surface area contributed by atoms with Gasteiger partial charge in [-0.15, -0.1) is 0 Å². The Morgan fingerprint density at radius 3 is 2.45 bits per heavy atom. The molecule has 0 unspecified atom stereocenters. The number of carbonyl (C=O) groups excluding carboxylic acids is 2. The van der Waals surface area contributed by atoms with E-state index < -0.39 is 0 Å². The number of halogens is 1. The molecule has 1 saturated carbocycles. The molecule has 6 heteroatoms. The number of imide groups is 1. The number of hydrazone groups is 1. The maximum absolute atomic E-state index is 12.4. The molecular weight excluding hydrogens is 348 g/mol. The molecular formula is C16H13BrN2O3. The summed E-state index contributed by atoms with van der Waals surface area (Å²) in [4.78, 5) is 24.9. The van der Waals surface area contributed by atoms with Crippen LogP contribution >= 0.6 is 15.9 Å². The second-order valence-electron chi connectivity index (χ2n) is 5.94. The number of amides is 2. The Morgan fingerprint density at radius 2 is 1.82 bits per heavy atom. The van der Waals surface area contributed by atoms with Crippen LogP contribution in [0.5, 0.6) is 5.75 Å². The summed E-state index contributed by atoms with van der Waals surface area (Å²) in [5, 5.41) is 14.8. The molecule has 2 bridgehead atoms. The van der Waals surface area contributed by atoms with E-state index in [1.54, 1.807) is 12.1 Å². The molecule has 1 saturated heterocycles. The highest BCUT2D eigenvalue weighted by molar-refractivity contribution is 9.10. The first kappa shape index (κ1) is 13.7. The molecule has 4 atom stereocenters. The van der Waals surface area contributed by atoms with Gasteiger partial charge in [-0.05, 0) is 36.5 Å². The predicted octanol–water partition coefficient (Wildman–Crippen LogP) is 2.30. The fraction of sp³-hybridized carbons (Fsp3) is 0.312. The van der Waals surface area contributed by atoms with E-state index in [1.807, 2.05) is 12.2 Å². The van der Waals surface area contributed by atoms with Gasteiger partial charge in [-0.1, -0.05) is 28.1 Å². The van der Waals surface area contributed by atoms with Crippen LogP contribution in [0.1, 0.15) is 12.0 Å². The van der Waals surface area contributed by atoms with E-state index in [0.717, 1.165) is 15.9 Å². The SMILES string of the molecule is O=C1[C@@H]2[C@@H](C(=O)N1/N=C/c1cc(Br)ccc1O)[C@H]1C=C[C@H]2C1. The molecule has 1 aromatic carbocycles. The molecule has 2 amide bonds. The van der Waals surface area contributed by atoms with Gasteiger partial charge in [-0.3, -0.25) is 9.59 Å². The Hall–Kier alpha value is -1.95. The first-order valence-electron chi connectivity index (χ1n) is 7.15. The van der Waals surface area contributed by atoms with Crippen LogP contribution in [0.25, 0.3) is 0 Å². The smallest absolute Gasteiger partial charge is 0.254 e. The third kappa shape index (κ3) is 1.86. The summed E-state index contributed by atoms with van der Waals surface area (Å²) in [6.45, 7) is 0. The molecule has 3 aliphatic rings. The number of benzene rings is 1. The van der Waals surface area contributed by atoms with E-state index in [4.69, 9.17) is 0 Å². The van der Waals surface area contributed by atoms with Gasteiger partial charge in [0.15, 0.2) is 0 Å². The van der Waals surface area contributed by atoms with Crippen molar-refractivity contribution in [3.63, 3.8) is 0 Å². The van der Waals surface area contributed by atoms with Crippen LogP contribution in [0.4, 0.5) is 0 Å². The van der Waals surface area contributed by atoms with E-state index in [0.29, 0.717) is 5.56 Å². The molecule has 0 spiro atoms. The topological polar surface area (TPSA) is 70.0 Å². The average Bonchev–Trinajstić information content (AvgIpc) is 3.16. The number of rotatable bonds is 2. The number of aromatic hydroxyl groups is 1. The van der Waals surface area contributed by atoms with Crippen molar-refractivity contribution in [3.8, 4) is 5.75 Å². The number of hydrogen-bond acceptors (Lipinski definition) is 4. The van der Waals surface area contributed by atoms with E-state index in [1.165, 1.54) is 12.3 Å². The third-order valence-corrected chi connectivity index (χ3v) is 5.24. The summed E-state index contributed by atoms with van der Waals surface area (Å²) in [6, 6.07) is 4.90. The summed E-state index contributed by atoms with van der Waals surface area (Å²) in [6.07, 6.45) is 6.35. The van der Waals surface area contributed by atoms with E-state index in [-0.39, 0.29) is 41.2 Å². The zero-order chi connectivity index (χ0) is 15.4. The van der Waals surface area contributed by atoms with Crippen molar-refractivity contribution in [2.24, 2.45) is 28.8 Å². The first-order valence-corrected chi connectivity index (χ1v) is 7.94. The van der Waals surface area contributed by atoms with Crippen molar-refractivity contribution >= 4 is 34.0 Å². The zero-order valence-electron chi connectivity index (χ0n) is 11.5. The van der Waals surface area contributed by atoms with Crippen molar-refractivity contribution in [2.45, 2.75) is 6.42 Å². The molecule has 22 heavy (non-hydrogen) atoms. The number of phenolic OH excluding ortho intramolecular Hbond substituents is 1. The summed E-state index contributed by atoms with van der Waals surface area (Å²) in [7, 11) is 0. The van der Waals surface area contributed by atoms with Crippen molar-refractivity contribution < 1.29 is 14.7 Å². The zero-order valence-corrected chi connectivity index (χ0v) is 13.1. The van der Waals surface area contributed by atoms with E-state index in [2.05, 4.69) is 21.0 Å². The maximum atomic E-state index is 12.4. The summed E-state index contributed by atoms with van der Waals surface area (Å²) in [5.41, 5.74) is 0.452. The fourth-order valence-corrected chi connectivity index (χ4v) is 4.13. The van der Waals surface area contributed by atoms with Crippen LogP contribution < -0.4 is 0 Å². The molecule has 0 aromatic heterocycles. The molecule has 112 valence electrons. The van der Waals surface area contributed by atoms with E-state index in [9.17, 15) is 14.7 Å². The Labute approximate surface area is 135 Å². The van der Waals surface area contributed by atoms with Crippen molar-refractivity contribution in [1.82, 2.24) is 5.01 Å². The van der Waals surface area contributed by atoms with Gasteiger partial charge in [-0.2, -0.15) is 10.1 Å². The van der Waals surface area contributed by atoms with Gasteiger partial charge in [-0.25, -0.2) is 0 Å². The van der Waals surface area contributed by atoms with Gasteiger partial charge in [0, 0.05) is 10.0 Å². The molecule has 5 nitrogen and oxygen atoms in total. The Bertz CT molecular complexity index is 713. The van der Waals surface area contributed by atoms with Crippen LogP contribution in [0, 0.1) is 23.7 Å². The molecule has 0 radical (unpaired) electrons. The molecule has 1 N–H and O–H groups in total. The molecule has 1 heterocycles. The van der Waals surface area contributed by atoms with Gasteiger partial charge < -0.3 is 5.11 Å². The maximum Gasteiger partial charge on any atom is 0.254 e. The highest BCUT2D eigenvalue weighted by Gasteiger charge is 2.59. The lowest BCUT2D eigenvalue weighted by Gasteiger charge is -2.13. The average molecular weight is 361 g/mol. The molecule has 2 aliphatic carbocycles. The first-order chi connectivity index (χ1) is 10.6. The lowest BCUT2D eigenvalue weighted by Crippen LogP contribution is -2.28. The summed E-state index contributed by atoms with van der Waals surface area (Å²) in [5.74, 6) is -0.563. The van der Waals surface area contributed by atoms with Crippen LogP contribution in [0.15, 0.2) is 39.9 Å². The fourth-order valence-electron chi connectivity index (χ4n) is 3.75. The Kier molecular flexibility index (Phi) is 2.97. The highest BCUT2D eigenvalue weighted by Crippen LogP contribution is 2.52. The second-order valence-corrected chi connectivity index (χ2v) is 6.85. The Balaban J connectivity index is 1.62. The normalized spacial score (nSPS) is 32.5. The largest absolute Gasteiger partial charge is 0.507 e. The monoisotopic (exact) mass is 360 g/mol. The van der Waals surface area contributed by atoms with Crippen LogP contribution in [0.3, 0.4) is 0 Å². The lowest BCUT2D eigenvalue weighted by atomic mass is 9.85. The Morgan fingerprint density at radius 1 is 1.18 bits per heavy atom. The van der Waals surface area contributed by atoms with Crippen LogP contribution in [-0.2, 0) is 9.59 Å². The van der Waals surface area contributed by atoms with Crippen molar-refractivity contribution in [2.75, 3.05) is 0 Å². The van der Waals surface area contributed by atoms with Gasteiger partial charge in [0.05, 0.1) is 18.1 Å². The van der Waals surface area contributed by atoms with Gasteiger partial charge >= 0.3 is 0 Å². The third-order valence-electron chi connectivity index (χ3n) is 4.75. The number of allylic oxidation sites excluding steroid dienone is 2. The standard InChI is InChI=1S/C16H13BrN2O3/c17-11-3-4-12(20)10(6-11)7-18-19-15(21)13-8-1-2-9(5-8)14(13)16(19)22/h1-4,6-9,13-14,20H,5H2/b18-7+/t8-,9-,13-,14-/m0/s1. The quantitative estimate of drug-likeness (QED) is 0.499. The predicted molar refractivity (Wildman–Crippen MR) is 83.0 cm³/mol. The number of phenols is 1. The number of hydrogen-bond donors (Lipinski definition) is 1. The lowest BCUT2D eigenvalue weighted by molar-refractivity contribution is -0.140. The van der Waals surface area contributed by atoms with Gasteiger partial charge in [0.25, 0.3) is 11.8 Å². The van der Waals surface area contributed by atoms with Crippen molar-refractivity contribution in [3.05, 3.63) is 40.4 Å². The minimum atomic E-state index is -0.254. The van der Waals surface area contributed by atoms with Gasteiger partial charge in [0.1, 0.15) is 5.75 Å². The van der Waals surface area contributed by atoms with Crippen LogP contribution in [0.2, 0.25) is 0 Å². The molecule has 1 aliphatic heterocycles. The minimum absolute atomic E-state index is 0.0491. The van der Waals surface area contributed by atoms with Crippen molar-refractivity contribution in [1.29, 1.82) is 0 Å². The number of fused-ring (bicyclic) bond motifs is 5. The van der Waals surface area contributed by atoms with E-state index >= 15 is 0 Å².